The maximum atomic E-state index is 13.5. The number of nitrogens with zero attached hydrogens (tertiary/aromatic N) is 2. The first-order chi connectivity index (χ1) is 23.6. The molecule has 4 rings (SSSR count). The molecule has 9 unspecified atom stereocenters. The second-order valence-electron chi connectivity index (χ2n) is 15.8. The van der Waals surface area contributed by atoms with E-state index in [1.165, 1.54) is 25.7 Å². The van der Waals surface area contributed by atoms with Gasteiger partial charge in [0.2, 0.25) is 0 Å². The maximum Gasteiger partial charge on any atom is 0.410 e. The molecule has 50 heavy (non-hydrogen) atoms. The number of carbonyl (C=O) groups excluding carboxylic acids is 2. The van der Waals surface area contributed by atoms with Gasteiger partial charge in [-0.3, -0.25) is 9.69 Å². The zero-order valence-corrected chi connectivity index (χ0v) is 31.3. The van der Waals surface area contributed by atoms with Crippen LogP contribution in [0, 0.1) is 11.8 Å². The Morgan fingerprint density at radius 2 is 1.88 bits per heavy atom. The average Bonchev–Trinajstić information content (AvgIpc) is 3.68. The van der Waals surface area contributed by atoms with Gasteiger partial charge in [0.15, 0.2) is 6.10 Å². The Balaban J connectivity index is 1.44. The molecule has 4 N–H and O–H groups in total. The van der Waals surface area contributed by atoms with Crippen molar-refractivity contribution >= 4 is 12.1 Å². The lowest BCUT2D eigenvalue weighted by Gasteiger charge is -2.33. The summed E-state index contributed by atoms with van der Waals surface area (Å²) >= 11 is 0. The van der Waals surface area contributed by atoms with Crippen LogP contribution in [0.15, 0.2) is 35.6 Å². The molecule has 11 nitrogen and oxygen atoms in total. The number of rotatable bonds is 10. The lowest BCUT2D eigenvalue weighted by Crippen LogP contribution is -2.46. The van der Waals surface area contributed by atoms with E-state index in [1.807, 2.05) is 33.8 Å². The zero-order valence-electron chi connectivity index (χ0n) is 31.3. The maximum absolute atomic E-state index is 13.5. The summed E-state index contributed by atoms with van der Waals surface area (Å²) in [6.45, 7) is 13.9. The summed E-state index contributed by atoms with van der Waals surface area (Å²) in [5, 5.41) is 43.4. The number of epoxide rings is 1. The number of carbonyl (C=O) groups is 2. The fourth-order valence-corrected chi connectivity index (χ4v) is 7.73. The Morgan fingerprint density at radius 3 is 2.58 bits per heavy atom. The molecule has 1 aliphatic carbocycles. The smallest absolute Gasteiger partial charge is 0.410 e. The van der Waals surface area contributed by atoms with Crippen molar-refractivity contribution < 1.29 is 44.2 Å². The van der Waals surface area contributed by atoms with Crippen LogP contribution in [-0.2, 0) is 19.0 Å². The van der Waals surface area contributed by atoms with Gasteiger partial charge in [0.05, 0.1) is 36.4 Å². The number of aliphatic hydroxyl groups excluding tert-OH is 2. The molecule has 9 atom stereocenters. The molecule has 0 aromatic carbocycles. The highest BCUT2D eigenvalue weighted by atomic mass is 16.6. The minimum atomic E-state index is -1.48. The molecule has 4 aliphatic rings. The van der Waals surface area contributed by atoms with Gasteiger partial charge in [-0.1, -0.05) is 51.8 Å². The number of hydrogen-bond acceptors (Lipinski definition) is 10. The van der Waals surface area contributed by atoms with Crippen molar-refractivity contribution in [3.63, 3.8) is 0 Å². The van der Waals surface area contributed by atoms with Crippen molar-refractivity contribution in [1.82, 2.24) is 9.80 Å². The third-order valence-electron chi connectivity index (χ3n) is 11.2. The summed E-state index contributed by atoms with van der Waals surface area (Å²) in [6, 6.07) is 0.595. The topological polar surface area (TPSA) is 153 Å². The van der Waals surface area contributed by atoms with Gasteiger partial charge >= 0.3 is 12.1 Å². The van der Waals surface area contributed by atoms with Crippen LogP contribution in [-0.4, -0.2) is 116 Å². The lowest BCUT2D eigenvalue weighted by molar-refractivity contribution is -0.142. The number of aliphatic hydroxyl groups is 4. The molecule has 0 aromatic rings. The van der Waals surface area contributed by atoms with Crippen molar-refractivity contribution in [3.8, 4) is 0 Å². The van der Waals surface area contributed by atoms with Gasteiger partial charge in [0.1, 0.15) is 11.4 Å². The van der Waals surface area contributed by atoms with Crippen molar-refractivity contribution in [2.24, 2.45) is 11.8 Å². The van der Waals surface area contributed by atoms with E-state index in [2.05, 4.69) is 4.90 Å². The van der Waals surface area contributed by atoms with Gasteiger partial charge < -0.3 is 39.5 Å². The summed E-state index contributed by atoms with van der Waals surface area (Å²) in [5.74, 6) is -0.597. The van der Waals surface area contributed by atoms with Crippen molar-refractivity contribution in [3.05, 3.63) is 35.6 Å². The number of cyclic esters (lactones) is 1. The Hall–Kier alpha value is -2.28. The molecule has 11 heteroatoms. The van der Waals surface area contributed by atoms with Crippen LogP contribution in [0.4, 0.5) is 4.79 Å². The minimum Gasteiger partial charge on any atom is -0.439 e. The molecule has 1 amide bonds. The zero-order chi connectivity index (χ0) is 36.6. The van der Waals surface area contributed by atoms with E-state index in [9.17, 15) is 30.0 Å². The van der Waals surface area contributed by atoms with Gasteiger partial charge in [-0.25, -0.2) is 4.79 Å². The Kier molecular flexibility index (Phi) is 14.6. The van der Waals surface area contributed by atoms with E-state index >= 15 is 0 Å². The third kappa shape index (κ3) is 11.6. The van der Waals surface area contributed by atoms with Gasteiger partial charge in [-0.2, -0.15) is 0 Å². The van der Waals surface area contributed by atoms with E-state index in [4.69, 9.17) is 14.2 Å². The van der Waals surface area contributed by atoms with Gasteiger partial charge in [0, 0.05) is 50.5 Å². The third-order valence-corrected chi connectivity index (χ3v) is 11.2. The van der Waals surface area contributed by atoms with E-state index in [0.717, 1.165) is 25.1 Å². The highest BCUT2D eigenvalue weighted by Gasteiger charge is 2.47. The molecule has 3 fully saturated rings. The van der Waals surface area contributed by atoms with Crippen molar-refractivity contribution in [2.75, 3.05) is 26.2 Å². The summed E-state index contributed by atoms with van der Waals surface area (Å²) < 4.78 is 17.6. The predicted molar refractivity (Wildman–Crippen MR) is 191 cm³/mol. The highest BCUT2D eigenvalue weighted by molar-refractivity contribution is 5.71. The van der Waals surface area contributed by atoms with E-state index < -0.39 is 47.5 Å². The highest BCUT2D eigenvalue weighted by Crippen LogP contribution is 2.38. The van der Waals surface area contributed by atoms with E-state index in [0.29, 0.717) is 44.2 Å². The molecule has 0 radical (unpaired) electrons. The molecule has 0 aromatic heterocycles. The fourth-order valence-electron chi connectivity index (χ4n) is 7.73. The van der Waals surface area contributed by atoms with E-state index in [-0.39, 0.29) is 37.4 Å². The molecule has 0 spiro atoms. The van der Waals surface area contributed by atoms with Crippen LogP contribution in [0.2, 0.25) is 0 Å². The number of allylic oxidation sites excluding steroid dienone is 3. The molecule has 1 saturated carbocycles. The largest absolute Gasteiger partial charge is 0.439 e. The minimum absolute atomic E-state index is 0.00559. The second kappa shape index (κ2) is 18.0. The Labute approximate surface area is 299 Å². The van der Waals surface area contributed by atoms with Gasteiger partial charge in [-0.05, 0) is 77.4 Å². The average molecular weight is 705 g/mol. The molecular formula is C39H64N2O9. The van der Waals surface area contributed by atoms with Crippen LogP contribution in [0.5, 0.6) is 0 Å². The van der Waals surface area contributed by atoms with Gasteiger partial charge in [0.25, 0.3) is 0 Å². The van der Waals surface area contributed by atoms with Gasteiger partial charge in [-0.15, -0.1) is 0 Å². The molecule has 2 saturated heterocycles. The summed E-state index contributed by atoms with van der Waals surface area (Å²) in [4.78, 5) is 30.6. The van der Waals surface area contributed by atoms with Crippen LogP contribution in [0.1, 0.15) is 112 Å². The first-order valence-electron chi connectivity index (χ1n) is 19.0. The first kappa shape index (κ1) is 40.5. The molecular weight excluding hydrogens is 640 g/mol. The van der Waals surface area contributed by atoms with Crippen molar-refractivity contribution in [2.45, 2.75) is 160 Å². The van der Waals surface area contributed by atoms with Crippen LogP contribution < -0.4 is 0 Å². The summed E-state index contributed by atoms with van der Waals surface area (Å²) in [5.41, 5.74) is -1.86. The fraction of sp³-hybridized carbons (Fsp3) is 0.795. The van der Waals surface area contributed by atoms with Crippen LogP contribution in [0.25, 0.3) is 0 Å². The second-order valence-corrected chi connectivity index (χ2v) is 15.8. The van der Waals surface area contributed by atoms with Crippen molar-refractivity contribution in [1.29, 1.82) is 0 Å². The Bertz CT molecular complexity index is 1220. The number of ether oxygens (including phenoxy) is 3. The Morgan fingerprint density at radius 1 is 1.16 bits per heavy atom. The predicted octanol–water partition coefficient (Wildman–Crippen LogP) is 5.01. The molecule has 0 bridgehead atoms. The monoisotopic (exact) mass is 704 g/mol. The van der Waals surface area contributed by atoms with Crippen LogP contribution in [0.3, 0.4) is 0 Å². The molecule has 3 aliphatic heterocycles. The van der Waals surface area contributed by atoms with E-state index in [1.54, 1.807) is 37.0 Å². The molecule has 3 heterocycles. The summed E-state index contributed by atoms with van der Waals surface area (Å²) in [7, 11) is 0. The lowest BCUT2D eigenvalue weighted by atomic mass is 9.89. The molecule has 284 valence electrons. The number of amides is 1. The summed E-state index contributed by atoms with van der Waals surface area (Å²) in [6.07, 6.45) is 11.1. The quantitative estimate of drug-likeness (QED) is 0.139. The van der Waals surface area contributed by atoms with Crippen LogP contribution >= 0.6 is 0 Å². The number of hydrogen-bond donors (Lipinski definition) is 4. The normalized spacial score (nSPS) is 34.2. The SMILES string of the molecule is CCC(O)C(C)C1OC1CC(C)(O)C=CCC(C)=C1OC(=O)CC(O)CCC(C)(O)C(OC(=O)N2CCCN(C3CCCC3)CC2)C=CC1C. The standard InChI is InChI=1S/C39H64N2O9/c1-7-31(43)28(4)36-32(48-36)25-38(5,46)18-10-12-26(2)35-27(3)15-16-33(39(6,47)19-17-30(42)24-34(44)50-35)49-37(45)41-21-11-20-40(22-23-41)29-13-8-9-14-29/h10,15-16,18,27-33,36,42-43,46-47H,7-9,11-14,17,19-25H2,1-6H3. The first-order valence-corrected chi connectivity index (χ1v) is 19.0. The number of esters is 1.